The van der Waals surface area contributed by atoms with Crippen LogP contribution in [0, 0.1) is 0 Å². The highest BCUT2D eigenvalue weighted by Crippen LogP contribution is 2.32. The Labute approximate surface area is 136 Å². The molecule has 0 saturated carbocycles. The molecule has 0 aromatic heterocycles. The van der Waals surface area contributed by atoms with E-state index in [1.807, 2.05) is 30.3 Å². The van der Waals surface area contributed by atoms with Crippen molar-refractivity contribution in [2.75, 3.05) is 5.73 Å². The number of Topliss-reactive ketones (excluding diaryl/α,β-unsaturated/α-hetero) is 1. The first kappa shape index (κ1) is 16.7. The fourth-order valence-corrected chi connectivity index (χ4v) is 2.84. The van der Waals surface area contributed by atoms with Crippen LogP contribution in [0.25, 0.3) is 0 Å². The first-order valence-electron chi connectivity index (χ1n) is 7.67. The number of hydrogen-bond acceptors (Lipinski definition) is 3. The summed E-state index contributed by atoms with van der Waals surface area (Å²) in [6.07, 6.45) is 0.929. The van der Waals surface area contributed by atoms with Crippen molar-refractivity contribution in [1.29, 1.82) is 0 Å². The first-order valence-corrected chi connectivity index (χ1v) is 7.67. The highest BCUT2D eigenvalue weighted by molar-refractivity contribution is 6.09. The summed E-state index contributed by atoms with van der Waals surface area (Å²) in [5, 5.41) is 9.76. The number of carbonyl (C=O) groups is 2. The molecule has 0 radical (unpaired) electrons. The standard InChI is InChI=1S/C19H21NO3/c1-2-19(18(22)23,15-9-11-16(20)12-10-15)17(21)13-8-14-6-4-3-5-7-14/h3-7,9-12H,2,8,13,20H2,1H3,(H,22,23). The summed E-state index contributed by atoms with van der Waals surface area (Å²) in [5.74, 6) is -1.39. The molecule has 0 aliphatic carbocycles. The van der Waals surface area contributed by atoms with E-state index in [1.54, 1.807) is 31.2 Å². The van der Waals surface area contributed by atoms with Crippen LogP contribution in [0.4, 0.5) is 5.69 Å². The minimum atomic E-state index is -1.51. The monoisotopic (exact) mass is 311 g/mol. The van der Waals surface area contributed by atoms with Crippen molar-refractivity contribution >= 4 is 17.4 Å². The van der Waals surface area contributed by atoms with E-state index in [0.717, 1.165) is 5.56 Å². The predicted molar refractivity (Wildman–Crippen MR) is 90.2 cm³/mol. The minimum absolute atomic E-state index is 0.189. The van der Waals surface area contributed by atoms with Crippen LogP contribution in [0.2, 0.25) is 0 Å². The molecule has 0 fully saturated rings. The van der Waals surface area contributed by atoms with Gasteiger partial charge in [-0.2, -0.15) is 0 Å². The molecule has 4 nitrogen and oxygen atoms in total. The van der Waals surface area contributed by atoms with Crippen LogP contribution in [0.5, 0.6) is 0 Å². The number of hydrogen-bond donors (Lipinski definition) is 2. The summed E-state index contributed by atoms with van der Waals surface area (Å²) in [5.41, 5.74) is 6.20. The second-order valence-electron chi connectivity index (χ2n) is 5.59. The van der Waals surface area contributed by atoms with E-state index in [0.29, 0.717) is 17.7 Å². The molecule has 0 bridgehead atoms. The second kappa shape index (κ2) is 7.09. The lowest BCUT2D eigenvalue weighted by molar-refractivity contribution is -0.149. The zero-order valence-corrected chi connectivity index (χ0v) is 13.2. The third-order valence-corrected chi connectivity index (χ3v) is 4.26. The van der Waals surface area contributed by atoms with Crippen LogP contribution in [0.15, 0.2) is 54.6 Å². The van der Waals surface area contributed by atoms with E-state index in [4.69, 9.17) is 5.73 Å². The van der Waals surface area contributed by atoms with E-state index in [-0.39, 0.29) is 18.6 Å². The lowest BCUT2D eigenvalue weighted by Gasteiger charge is -2.27. The van der Waals surface area contributed by atoms with E-state index in [1.165, 1.54) is 0 Å². The fraction of sp³-hybridized carbons (Fsp3) is 0.263. The van der Waals surface area contributed by atoms with Crippen LogP contribution in [-0.2, 0) is 21.4 Å². The number of nitrogen functional groups attached to an aromatic ring is 1. The first-order chi connectivity index (χ1) is 11.0. The SMILES string of the molecule is CCC(C(=O)O)(C(=O)CCc1ccccc1)c1ccc(N)cc1. The normalized spacial score (nSPS) is 13.3. The van der Waals surface area contributed by atoms with Crippen molar-refractivity contribution in [3.8, 4) is 0 Å². The Hall–Kier alpha value is -2.62. The van der Waals surface area contributed by atoms with Crippen molar-refractivity contribution in [3.63, 3.8) is 0 Å². The number of ketones is 1. The minimum Gasteiger partial charge on any atom is -0.480 e. The van der Waals surface area contributed by atoms with E-state index in [2.05, 4.69) is 0 Å². The molecule has 0 aliphatic rings. The maximum Gasteiger partial charge on any atom is 0.321 e. The smallest absolute Gasteiger partial charge is 0.321 e. The molecule has 4 heteroatoms. The largest absolute Gasteiger partial charge is 0.480 e. The summed E-state index contributed by atoms with van der Waals surface area (Å²) in [6, 6.07) is 16.1. The summed E-state index contributed by atoms with van der Waals surface area (Å²) >= 11 is 0. The lowest BCUT2D eigenvalue weighted by atomic mass is 9.73. The average Bonchev–Trinajstić information content (AvgIpc) is 2.56. The molecular formula is C19H21NO3. The number of nitrogens with two attached hydrogens (primary N) is 1. The lowest BCUT2D eigenvalue weighted by Crippen LogP contribution is -2.43. The van der Waals surface area contributed by atoms with Crippen LogP contribution >= 0.6 is 0 Å². The van der Waals surface area contributed by atoms with Gasteiger partial charge in [0.1, 0.15) is 0 Å². The Morgan fingerprint density at radius 3 is 2.17 bits per heavy atom. The van der Waals surface area contributed by atoms with Gasteiger partial charge in [0.25, 0.3) is 0 Å². The van der Waals surface area contributed by atoms with Crippen molar-refractivity contribution in [2.45, 2.75) is 31.6 Å². The van der Waals surface area contributed by atoms with Crippen LogP contribution in [0.1, 0.15) is 30.9 Å². The average molecular weight is 311 g/mol. The Morgan fingerprint density at radius 2 is 1.65 bits per heavy atom. The summed E-state index contributed by atoms with van der Waals surface area (Å²) in [7, 11) is 0. The van der Waals surface area contributed by atoms with Gasteiger partial charge >= 0.3 is 5.97 Å². The Balaban J connectivity index is 2.28. The summed E-state index contributed by atoms with van der Waals surface area (Å²) in [6.45, 7) is 1.73. The zero-order valence-electron chi connectivity index (χ0n) is 13.2. The molecule has 1 unspecified atom stereocenters. The Bertz CT molecular complexity index is 680. The van der Waals surface area contributed by atoms with Gasteiger partial charge in [0.15, 0.2) is 11.2 Å². The van der Waals surface area contributed by atoms with Crippen molar-refractivity contribution in [2.24, 2.45) is 0 Å². The zero-order chi connectivity index (χ0) is 16.9. The van der Waals surface area contributed by atoms with Gasteiger partial charge in [0.05, 0.1) is 0 Å². The molecule has 0 aliphatic heterocycles. The number of aryl methyl sites for hydroxylation is 1. The number of rotatable bonds is 7. The van der Waals surface area contributed by atoms with Gasteiger partial charge in [-0.05, 0) is 36.1 Å². The van der Waals surface area contributed by atoms with Gasteiger partial charge in [0.2, 0.25) is 0 Å². The molecule has 2 aromatic carbocycles. The Kier molecular flexibility index (Phi) is 5.16. The molecule has 0 amide bonds. The summed E-state index contributed by atoms with van der Waals surface area (Å²) in [4.78, 5) is 24.7. The predicted octanol–water partition coefficient (Wildman–Crippen LogP) is 3.20. The van der Waals surface area contributed by atoms with E-state index < -0.39 is 11.4 Å². The quantitative estimate of drug-likeness (QED) is 0.608. The topological polar surface area (TPSA) is 80.4 Å². The van der Waals surface area contributed by atoms with Crippen molar-refractivity contribution in [1.82, 2.24) is 0 Å². The van der Waals surface area contributed by atoms with Gasteiger partial charge in [-0.3, -0.25) is 9.59 Å². The van der Waals surface area contributed by atoms with E-state index >= 15 is 0 Å². The van der Waals surface area contributed by atoms with Crippen molar-refractivity contribution < 1.29 is 14.7 Å². The van der Waals surface area contributed by atoms with Crippen molar-refractivity contribution in [3.05, 3.63) is 65.7 Å². The second-order valence-corrected chi connectivity index (χ2v) is 5.59. The van der Waals surface area contributed by atoms with Gasteiger partial charge in [-0.1, -0.05) is 49.4 Å². The number of benzene rings is 2. The highest BCUT2D eigenvalue weighted by atomic mass is 16.4. The molecule has 0 saturated heterocycles. The molecule has 2 rings (SSSR count). The number of carboxylic acids is 1. The maximum absolute atomic E-state index is 12.8. The van der Waals surface area contributed by atoms with Gasteiger partial charge in [0, 0.05) is 12.1 Å². The number of anilines is 1. The number of carboxylic acid groups (broad SMARTS) is 1. The van der Waals surface area contributed by atoms with Crippen LogP contribution in [-0.4, -0.2) is 16.9 Å². The molecule has 23 heavy (non-hydrogen) atoms. The van der Waals surface area contributed by atoms with Gasteiger partial charge in [-0.15, -0.1) is 0 Å². The highest BCUT2D eigenvalue weighted by Gasteiger charge is 2.45. The molecule has 2 aromatic rings. The third-order valence-electron chi connectivity index (χ3n) is 4.26. The fourth-order valence-electron chi connectivity index (χ4n) is 2.84. The molecular weight excluding hydrogens is 290 g/mol. The van der Waals surface area contributed by atoms with Crippen LogP contribution in [0.3, 0.4) is 0 Å². The molecule has 1 atom stereocenters. The number of carbonyl (C=O) groups excluding carboxylic acids is 1. The molecule has 0 heterocycles. The van der Waals surface area contributed by atoms with E-state index in [9.17, 15) is 14.7 Å². The third kappa shape index (κ3) is 3.42. The van der Waals surface area contributed by atoms with Crippen LogP contribution < -0.4 is 5.73 Å². The molecule has 120 valence electrons. The maximum atomic E-state index is 12.8. The molecule has 0 spiro atoms. The summed E-state index contributed by atoms with van der Waals surface area (Å²) < 4.78 is 0. The van der Waals surface area contributed by atoms with Gasteiger partial charge < -0.3 is 10.8 Å². The molecule has 3 N–H and O–H groups in total. The Morgan fingerprint density at radius 1 is 1.04 bits per heavy atom. The van der Waals surface area contributed by atoms with Gasteiger partial charge in [-0.25, -0.2) is 0 Å². The number of aliphatic carboxylic acids is 1.